The fourth-order valence-corrected chi connectivity index (χ4v) is 7.43. The zero-order chi connectivity index (χ0) is 32.1. The van der Waals surface area contributed by atoms with Crippen molar-refractivity contribution in [3.05, 3.63) is 142 Å². The Bertz CT molecular complexity index is 2080. The zero-order valence-electron chi connectivity index (χ0n) is 26.4. The molecule has 2 aliphatic carbocycles. The van der Waals surface area contributed by atoms with E-state index in [0.29, 0.717) is 22.3 Å². The Morgan fingerprint density at radius 3 is 1.44 bits per heavy atom. The molecule has 0 heterocycles. The average Bonchev–Trinajstić information content (AvgIpc) is 3.23. The minimum atomic E-state index is -1.11. The maximum atomic E-state index is 13.8. The molecule has 0 bridgehead atoms. The highest BCUT2D eigenvalue weighted by Gasteiger charge is 2.42. The largest absolute Gasteiger partial charge is 0.386 e. The van der Waals surface area contributed by atoms with E-state index in [4.69, 9.17) is 0 Å². The predicted octanol–water partition coefficient (Wildman–Crippen LogP) is 8.56. The number of fused-ring (bicyclic) bond motifs is 5. The van der Waals surface area contributed by atoms with Crippen molar-refractivity contribution in [3.8, 4) is 33.4 Å². The summed E-state index contributed by atoms with van der Waals surface area (Å²) in [5, 5.41) is 22.5. The van der Waals surface area contributed by atoms with E-state index in [2.05, 4.69) is 26.0 Å². The third-order valence-corrected chi connectivity index (χ3v) is 9.56. The first-order chi connectivity index (χ1) is 21.2. The second kappa shape index (κ2) is 9.68. The first kappa shape index (κ1) is 29.1. The molecule has 4 nitrogen and oxygen atoms in total. The van der Waals surface area contributed by atoms with Crippen LogP contribution in [0.5, 0.6) is 0 Å². The molecule has 0 aliphatic heterocycles. The quantitative estimate of drug-likeness (QED) is 0.215. The van der Waals surface area contributed by atoms with Gasteiger partial charge in [0.05, 0.1) is 11.2 Å². The molecule has 0 spiro atoms. The number of rotatable bonds is 4. The molecule has 0 unspecified atom stereocenters. The molecule has 5 aromatic rings. The number of hydrogen-bond donors (Lipinski definition) is 2. The molecule has 0 fully saturated rings. The molecule has 0 saturated heterocycles. The SMILES string of the molecule is CC(C)(O)c1ccccc1-c1cc(-c2ccccc2C(C)(C)O)c2c(c1)-c1cc3c(cc1C2(C)C)C(=O)c1ccccc1C3=O. The topological polar surface area (TPSA) is 74.6 Å². The maximum absolute atomic E-state index is 13.8. The van der Waals surface area contributed by atoms with Gasteiger partial charge in [0, 0.05) is 27.7 Å². The normalized spacial score (nSPS) is 14.9. The third-order valence-electron chi connectivity index (χ3n) is 9.56. The Hall–Kier alpha value is -4.64. The predicted molar refractivity (Wildman–Crippen MR) is 179 cm³/mol. The third kappa shape index (κ3) is 4.35. The van der Waals surface area contributed by atoms with Gasteiger partial charge in [0.25, 0.3) is 0 Å². The van der Waals surface area contributed by atoms with E-state index in [-0.39, 0.29) is 11.6 Å². The van der Waals surface area contributed by atoms with Gasteiger partial charge in [0.15, 0.2) is 11.6 Å². The monoisotopic (exact) mass is 592 g/mol. The van der Waals surface area contributed by atoms with Crippen LogP contribution in [-0.4, -0.2) is 21.8 Å². The Kier molecular flexibility index (Phi) is 6.26. The molecule has 45 heavy (non-hydrogen) atoms. The summed E-state index contributed by atoms with van der Waals surface area (Å²) in [5.74, 6) is -0.285. The van der Waals surface area contributed by atoms with Gasteiger partial charge in [0.2, 0.25) is 0 Å². The van der Waals surface area contributed by atoms with E-state index in [1.54, 1.807) is 52.0 Å². The average molecular weight is 593 g/mol. The molecule has 7 rings (SSSR count). The van der Waals surface area contributed by atoms with Crippen molar-refractivity contribution < 1.29 is 19.8 Å². The summed E-state index contributed by atoms with van der Waals surface area (Å²) >= 11 is 0. The van der Waals surface area contributed by atoms with Crippen LogP contribution in [0.2, 0.25) is 0 Å². The lowest BCUT2D eigenvalue weighted by molar-refractivity contribution is 0.0786. The lowest BCUT2D eigenvalue weighted by atomic mass is 9.75. The molecular weight excluding hydrogens is 556 g/mol. The van der Waals surface area contributed by atoms with Crippen molar-refractivity contribution in [2.24, 2.45) is 0 Å². The number of carbonyl (C=O) groups is 2. The van der Waals surface area contributed by atoms with Crippen LogP contribution in [-0.2, 0) is 16.6 Å². The van der Waals surface area contributed by atoms with E-state index in [0.717, 1.165) is 55.6 Å². The Morgan fingerprint density at radius 1 is 0.489 bits per heavy atom. The van der Waals surface area contributed by atoms with Gasteiger partial charge in [-0.1, -0.05) is 86.6 Å². The van der Waals surface area contributed by atoms with Gasteiger partial charge in [0.1, 0.15) is 0 Å². The number of benzene rings is 5. The van der Waals surface area contributed by atoms with Crippen LogP contribution in [0.3, 0.4) is 0 Å². The molecule has 2 N–H and O–H groups in total. The molecule has 0 amide bonds. The smallest absolute Gasteiger partial charge is 0.194 e. The van der Waals surface area contributed by atoms with Crippen LogP contribution in [0, 0.1) is 0 Å². The number of hydrogen-bond acceptors (Lipinski definition) is 4. The highest BCUT2D eigenvalue weighted by Crippen LogP contribution is 2.55. The van der Waals surface area contributed by atoms with Crippen molar-refractivity contribution in [2.45, 2.75) is 58.2 Å². The van der Waals surface area contributed by atoms with Gasteiger partial charge in [-0.2, -0.15) is 0 Å². The van der Waals surface area contributed by atoms with Gasteiger partial charge in [-0.15, -0.1) is 0 Å². The van der Waals surface area contributed by atoms with Gasteiger partial charge in [-0.05, 0) is 108 Å². The standard InChI is InChI=1S/C41H36O4/c1-39(2)35-22-32-31(37(42)26-15-7-8-16-27(26)38(32)43)21-28(35)30-20-23(24-13-9-11-17-33(24)40(3,4)44)19-29(36(30)39)25-14-10-12-18-34(25)41(5,6)45/h7-22,44-45H,1-6H3. The molecule has 2 aliphatic rings. The summed E-state index contributed by atoms with van der Waals surface area (Å²) in [7, 11) is 0. The lowest BCUT2D eigenvalue weighted by Gasteiger charge is -2.29. The van der Waals surface area contributed by atoms with Crippen molar-refractivity contribution >= 4 is 11.6 Å². The fraction of sp³-hybridized carbons (Fsp3) is 0.220. The van der Waals surface area contributed by atoms with Crippen molar-refractivity contribution in [1.29, 1.82) is 0 Å². The zero-order valence-corrected chi connectivity index (χ0v) is 26.4. The Morgan fingerprint density at radius 2 is 0.911 bits per heavy atom. The molecular formula is C41H36O4. The minimum Gasteiger partial charge on any atom is -0.386 e. The van der Waals surface area contributed by atoms with Crippen molar-refractivity contribution in [3.63, 3.8) is 0 Å². The van der Waals surface area contributed by atoms with Crippen LogP contribution in [0.15, 0.2) is 97.1 Å². The van der Waals surface area contributed by atoms with Crippen molar-refractivity contribution in [1.82, 2.24) is 0 Å². The first-order valence-corrected chi connectivity index (χ1v) is 15.4. The molecule has 5 aromatic carbocycles. The molecule has 4 heteroatoms. The van der Waals surface area contributed by atoms with Crippen LogP contribution in [0.25, 0.3) is 33.4 Å². The van der Waals surface area contributed by atoms with Crippen LogP contribution in [0.1, 0.15) is 95.6 Å². The maximum Gasteiger partial charge on any atom is 0.194 e. The highest BCUT2D eigenvalue weighted by molar-refractivity contribution is 6.29. The molecule has 0 radical (unpaired) electrons. The van der Waals surface area contributed by atoms with E-state index in [1.807, 2.05) is 60.7 Å². The second-order valence-corrected chi connectivity index (χ2v) is 13.9. The van der Waals surface area contributed by atoms with E-state index in [9.17, 15) is 19.8 Å². The number of carbonyl (C=O) groups excluding carboxylic acids is 2. The highest BCUT2D eigenvalue weighted by atomic mass is 16.3. The Labute approximate surface area is 264 Å². The van der Waals surface area contributed by atoms with E-state index < -0.39 is 16.6 Å². The van der Waals surface area contributed by atoms with E-state index in [1.165, 1.54) is 0 Å². The molecule has 224 valence electrons. The van der Waals surface area contributed by atoms with E-state index >= 15 is 0 Å². The summed E-state index contributed by atoms with van der Waals surface area (Å²) in [6.07, 6.45) is 0. The summed E-state index contributed by atoms with van der Waals surface area (Å²) in [5.41, 5.74) is 8.22. The minimum absolute atomic E-state index is 0.137. The first-order valence-electron chi connectivity index (χ1n) is 15.4. The van der Waals surface area contributed by atoms with Crippen LogP contribution >= 0.6 is 0 Å². The van der Waals surface area contributed by atoms with Crippen LogP contribution < -0.4 is 0 Å². The number of ketones is 2. The van der Waals surface area contributed by atoms with Gasteiger partial charge in [-0.25, -0.2) is 0 Å². The number of aliphatic hydroxyl groups is 2. The molecule has 0 saturated carbocycles. The van der Waals surface area contributed by atoms with Gasteiger partial charge in [-0.3, -0.25) is 9.59 Å². The van der Waals surface area contributed by atoms with Gasteiger partial charge < -0.3 is 10.2 Å². The van der Waals surface area contributed by atoms with Gasteiger partial charge >= 0.3 is 0 Å². The summed E-state index contributed by atoms with van der Waals surface area (Å²) in [6.45, 7) is 11.5. The summed E-state index contributed by atoms with van der Waals surface area (Å²) < 4.78 is 0. The summed E-state index contributed by atoms with van der Waals surface area (Å²) in [4.78, 5) is 27.6. The lowest BCUT2D eigenvalue weighted by Crippen LogP contribution is -2.23. The summed E-state index contributed by atoms with van der Waals surface area (Å²) in [6, 6.07) is 31.0. The molecule has 0 atom stereocenters. The van der Waals surface area contributed by atoms with Crippen LogP contribution in [0.4, 0.5) is 0 Å². The van der Waals surface area contributed by atoms with Crippen molar-refractivity contribution in [2.75, 3.05) is 0 Å². The Balaban J connectivity index is 1.58. The second-order valence-electron chi connectivity index (χ2n) is 13.9. The fourth-order valence-electron chi connectivity index (χ4n) is 7.43. The molecule has 0 aromatic heterocycles.